The van der Waals surface area contributed by atoms with E-state index < -0.39 is 5.43 Å². The fourth-order valence-corrected chi connectivity index (χ4v) is 0.220. The van der Waals surface area contributed by atoms with Crippen LogP contribution in [0.2, 0.25) is 0 Å². The Morgan fingerprint density at radius 3 is 2.88 bits per heavy atom. The van der Waals surface area contributed by atoms with Crippen molar-refractivity contribution in [2.24, 2.45) is 0 Å². The lowest BCUT2D eigenvalue weighted by atomic mass is 10.6. The van der Waals surface area contributed by atoms with Gasteiger partial charge < -0.3 is 4.74 Å². The molecule has 0 aromatic heterocycles. The Hall–Kier alpha value is -0.680. The van der Waals surface area contributed by atoms with Crippen LogP contribution < -0.4 is 0 Å². The Balaban J connectivity index is 3.14. The zero-order valence-corrected chi connectivity index (χ0v) is 5.16. The minimum atomic E-state index is -0.812. The van der Waals surface area contributed by atoms with Crippen molar-refractivity contribution in [2.45, 2.75) is 6.92 Å². The third-order valence-electron chi connectivity index (χ3n) is 0.435. The maximum atomic E-state index is 9.79. The second-order valence-electron chi connectivity index (χ2n) is 0.953. The van der Waals surface area contributed by atoms with Crippen molar-refractivity contribution in [1.29, 1.82) is 0 Å². The van der Waals surface area contributed by atoms with Crippen LogP contribution in [0.4, 0.5) is 4.79 Å². The summed E-state index contributed by atoms with van der Waals surface area (Å²) in [6.07, 6.45) is 0. The number of carbonyl (C=O) groups excluding carboxylic acids is 1. The monoisotopic (exact) mass is 132 g/mol. The van der Waals surface area contributed by atoms with E-state index in [0.29, 0.717) is 0 Å². The Bertz CT molecular complexity index is 131. The summed E-state index contributed by atoms with van der Waals surface area (Å²) in [5, 5.41) is 0. The van der Waals surface area contributed by atoms with Crippen LogP contribution in [0.15, 0.2) is 0 Å². The maximum absolute atomic E-state index is 9.79. The average molecular weight is 133 g/mol. The summed E-state index contributed by atoms with van der Waals surface area (Å²) >= 11 is 4.78. The summed E-state index contributed by atoms with van der Waals surface area (Å²) in [5.41, 5.74) is -0.812. The topological polar surface area (TPSA) is 26.3 Å². The third kappa shape index (κ3) is 5.32. The summed E-state index contributed by atoms with van der Waals surface area (Å²) in [6.45, 7) is 1.74. The van der Waals surface area contributed by atoms with E-state index in [-0.39, 0.29) is 6.61 Å². The van der Waals surface area contributed by atoms with Gasteiger partial charge in [-0.05, 0) is 6.92 Å². The zero-order valence-electron chi connectivity index (χ0n) is 4.40. The van der Waals surface area contributed by atoms with Gasteiger partial charge in [-0.25, -0.2) is 4.79 Å². The Morgan fingerprint density at radius 2 is 2.50 bits per heavy atom. The van der Waals surface area contributed by atoms with Crippen molar-refractivity contribution < 1.29 is 9.53 Å². The van der Waals surface area contributed by atoms with Crippen LogP contribution in [0.3, 0.4) is 0 Å². The van der Waals surface area contributed by atoms with Gasteiger partial charge in [-0.2, -0.15) is 0 Å². The molecule has 0 aliphatic carbocycles. The molecule has 0 aliphatic rings. The lowest BCUT2D eigenvalue weighted by Crippen LogP contribution is -1.92. The first-order chi connectivity index (χ1) is 3.77. The van der Waals surface area contributed by atoms with Gasteiger partial charge in [-0.1, -0.05) is 5.92 Å². The van der Waals surface area contributed by atoms with E-state index in [2.05, 4.69) is 16.6 Å². The average Bonchev–Trinajstić information content (AvgIpc) is 1.66. The molecule has 0 aliphatic heterocycles. The Kier molecular flexibility index (Phi) is 4.10. The van der Waals surface area contributed by atoms with Crippen molar-refractivity contribution in [2.75, 3.05) is 6.61 Å². The second-order valence-corrected chi connectivity index (χ2v) is 1.26. The molecule has 0 fully saturated rings. The Labute approximate surface area is 52.8 Å². The summed E-state index contributed by atoms with van der Waals surface area (Å²) in [7, 11) is 0. The van der Waals surface area contributed by atoms with Gasteiger partial charge in [0.1, 0.15) is 0 Å². The minimum Gasteiger partial charge on any atom is -0.441 e. The molecule has 0 N–H and O–H groups in total. The van der Waals surface area contributed by atoms with Gasteiger partial charge in [0.05, 0.1) is 0 Å². The van der Waals surface area contributed by atoms with E-state index >= 15 is 0 Å². The highest BCUT2D eigenvalue weighted by Gasteiger charge is 1.88. The van der Waals surface area contributed by atoms with Gasteiger partial charge in [0.15, 0.2) is 6.61 Å². The molecule has 3 heteroatoms. The molecule has 0 rings (SSSR count). The molecule has 0 unspecified atom stereocenters. The number of rotatable bonds is 1. The summed E-state index contributed by atoms with van der Waals surface area (Å²) < 4.78 is 4.24. The van der Waals surface area contributed by atoms with Crippen LogP contribution in [-0.2, 0) is 4.74 Å². The largest absolute Gasteiger partial charge is 0.441 e. The van der Waals surface area contributed by atoms with Gasteiger partial charge in [-0.15, -0.1) is 5.92 Å². The molecule has 0 bridgehead atoms. The quantitative estimate of drug-likeness (QED) is 0.398. The minimum absolute atomic E-state index is 0.0822. The lowest BCUT2D eigenvalue weighted by molar-refractivity contribution is 0.188. The molecular weight excluding hydrogens is 128 g/mol. The molecule has 0 radical (unpaired) electrons. The number of halogens is 1. The molecule has 0 saturated heterocycles. The van der Waals surface area contributed by atoms with Crippen molar-refractivity contribution >= 4 is 17.0 Å². The first-order valence-electron chi connectivity index (χ1n) is 1.99. The number of carbonyl (C=O) groups is 1. The molecule has 0 aromatic carbocycles. The fraction of sp³-hybridized carbons (Fsp3) is 0.400. The van der Waals surface area contributed by atoms with Crippen LogP contribution >= 0.6 is 11.6 Å². The van der Waals surface area contributed by atoms with E-state index in [1.165, 1.54) is 0 Å². The van der Waals surface area contributed by atoms with Gasteiger partial charge in [0.25, 0.3) is 0 Å². The van der Waals surface area contributed by atoms with Crippen LogP contribution in [0.25, 0.3) is 0 Å². The zero-order chi connectivity index (χ0) is 6.41. The van der Waals surface area contributed by atoms with Crippen molar-refractivity contribution in [1.82, 2.24) is 0 Å². The molecule has 44 valence electrons. The van der Waals surface area contributed by atoms with Crippen LogP contribution in [0.5, 0.6) is 0 Å². The number of ether oxygens (including phenoxy) is 1. The van der Waals surface area contributed by atoms with Gasteiger partial charge in [0.2, 0.25) is 0 Å². The molecule has 0 spiro atoms. The highest BCUT2D eigenvalue weighted by atomic mass is 35.5. The molecular formula is C5H5ClO2. The Morgan fingerprint density at radius 1 is 1.88 bits per heavy atom. The van der Waals surface area contributed by atoms with E-state index in [1.807, 2.05) is 0 Å². The van der Waals surface area contributed by atoms with E-state index in [1.54, 1.807) is 6.92 Å². The van der Waals surface area contributed by atoms with Crippen LogP contribution in [0, 0.1) is 11.8 Å². The number of hydrogen-bond donors (Lipinski definition) is 0. The third-order valence-corrected chi connectivity index (χ3v) is 0.544. The molecule has 0 amide bonds. The van der Waals surface area contributed by atoms with Crippen molar-refractivity contribution in [3.63, 3.8) is 0 Å². The molecule has 0 saturated carbocycles. The van der Waals surface area contributed by atoms with E-state index in [9.17, 15) is 4.79 Å². The van der Waals surface area contributed by atoms with Crippen molar-refractivity contribution in [3.05, 3.63) is 0 Å². The first-order valence-corrected chi connectivity index (χ1v) is 2.37. The molecule has 8 heavy (non-hydrogen) atoms. The summed E-state index contributed by atoms with van der Waals surface area (Å²) in [5.74, 6) is 5.04. The van der Waals surface area contributed by atoms with Gasteiger partial charge in [0, 0.05) is 11.6 Å². The fourth-order valence-electron chi connectivity index (χ4n) is 0.165. The smallest absolute Gasteiger partial charge is 0.404 e. The molecule has 0 atom stereocenters. The molecule has 0 heterocycles. The summed E-state index contributed by atoms with van der Waals surface area (Å²) in [4.78, 5) is 9.79. The standard InChI is InChI=1S/C5H5ClO2/c1-2-3-4-8-5(6)7/h4H2,1H3. The predicted octanol–water partition coefficient (Wildman–Crippen LogP) is 1.39. The normalized spacial score (nSPS) is 6.75. The van der Waals surface area contributed by atoms with Crippen molar-refractivity contribution in [3.8, 4) is 11.8 Å². The number of hydrogen-bond acceptors (Lipinski definition) is 2. The highest BCUT2D eigenvalue weighted by molar-refractivity contribution is 6.61. The second kappa shape index (κ2) is 4.48. The lowest BCUT2D eigenvalue weighted by Gasteiger charge is -1.87. The van der Waals surface area contributed by atoms with Gasteiger partial charge in [-0.3, -0.25) is 0 Å². The predicted molar refractivity (Wildman–Crippen MR) is 30.7 cm³/mol. The first kappa shape index (κ1) is 7.32. The SMILES string of the molecule is CC#CCOC(=O)Cl. The van der Waals surface area contributed by atoms with Crippen LogP contribution in [-0.4, -0.2) is 12.0 Å². The van der Waals surface area contributed by atoms with Crippen LogP contribution in [0.1, 0.15) is 6.92 Å². The van der Waals surface area contributed by atoms with E-state index in [0.717, 1.165) is 0 Å². The summed E-state index contributed by atoms with van der Waals surface area (Å²) in [6, 6.07) is 0. The van der Waals surface area contributed by atoms with E-state index in [4.69, 9.17) is 11.6 Å². The molecule has 2 nitrogen and oxygen atoms in total. The molecule has 0 aromatic rings. The highest BCUT2D eigenvalue weighted by Crippen LogP contribution is 1.83. The van der Waals surface area contributed by atoms with Gasteiger partial charge >= 0.3 is 5.43 Å². The maximum Gasteiger partial charge on any atom is 0.404 e.